The molecule has 2 heterocycles. The van der Waals surface area contributed by atoms with Gasteiger partial charge in [0.1, 0.15) is 5.75 Å². The number of nitrogens with zero attached hydrogens (tertiary/aromatic N) is 1. The van der Waals surface area contributed by atoms with E-state index >= 15 is 0 Å². The second-order valence-electron chi connectivity index (χ2n) is 10.3. The van der Waals surface area contributed by atoms with E-state index in [-0.39, 0.29) is 10.6 Å². The molecule has 192 valence electrons. The zero-order valence-electron chi connectivity index (χ0n) is 20.4. The summed E-state index contributed by atoms with van der Waals surface area (Å²) in [6.45, 7) is 5.15. The van der Waals surface area contributed by atoms with Crippen LogP contribution in [0.5, 0.6) is 5.75 Å². The molecule has 0 saturated carbocycles. The summed E-state index contributed by atoms with van der Waals surface area (Å²) in [6, 6.07) is 9.63. The quantitative estimate of drug-likeness (QED) is 0.482. The van der Waals surface area contributed by atoms with E-state index in [1.165, 1.54) is 12.1 Å². The maximum absolute atomic E-state index is 14.4. The molecule has 3 aromatic rings. The van der Waals surface area contributed by atoms with E-state index in [4.69, 9.17) is 4.74 Å². The third-order valence-electron chi connectivity index (χ3n) is 6.79. The average Bonchev–Trinajstić information content (AvgIpc) is 3.37. The number of ether oxygens (including phenoxy) is 1. The number of fused-ring (bicyclic) bond motifs is 2. The predicted octanol–water partition coefficient (Wildman–Crippen LogP) is 4.89. The van der Waals surface area contributed by atoms with E-state index in [0.29, 0.717) is 46.4 Å². The molecule has 2 N–H and O–H groups in total. The summed E-state index contributed by atoms with van der Waals surface area (Å²) in [7, 11) is -3.62. The van der Waals surface area contributed by atoms with Crippen molar-refractivity contribution in [3.63, 3.8) is 0 Å². The van der Waals surface area contributed by atoms with Crippen molar-refractivity contribution in [2.45, 2.75) is 62.1 Å². The second kappa shape index (κ2) is 8.53. The minimum atomic E-state index is -4.98. The van der Waals surface area contributed by atoms with Gasteiger partial charge in [-0.05, 0) is 60.2 Å². The van der Waals surface area contributed by atoms with E-state index in [2.05, 4.69) is 4.98 Å². The molecule has 0 amide bonds. The van der Waals surface area contributed by atoms with Gasteiger partial charge in [-0.3, -0.25) is 0 Å². The van der Waals surface area contributed by atoms with Gasteiger partial charge in [0, 0.05) is 41.3 Å². The summed E-state index contributed by atoms with van der Waals surface area (Å²) in [5.41, 5.74) is -1.70. The van der Waals surface area contributed by atoms with Crippen LogP contribution in [0.1, 0.15) is 48.2 Å². The topological polar surface area (TPSA) is 103 Å². The van der Waals surface area contributed by atoms with Gasteiger partial charge in [-0.15, -0.1) is 0 Å². The lowest BCUT2D eigenvalue weighted by Gasteiger charge is -2.38. The molecular formula is C26H27F3N2O4S. The van der Waals surface area contributed by atoms with Crippen molar-refractivity contribution in [3.05, 3.63) is 58.3 Å². The highest BCUT2D eigenvalue weighted by Gasteiger charge is 2.56. The van der Waals surface area contributed by atoms with Crippen molar-refractivity contribution in [2.75, 3.05) is 12.9 Å². The largest absolute Gasteiger partial charge is 0.493 e. The van der Waals surface area contributed by atoms with E-state index in [1.54, 1.807) is 39.0 Å². The molecule has 36 heavy (non-hydrogen) atoms. The summed E-state index contributed by atoms with van der Waals surface area (Å²) in [5, 5.41) is 21.0. The van der Waals surface area contributed by atoms with Crippen molar-refractivity contribution < 1.29 is 31.4 Å². The van der Waals surface area contributed by atoms with Gasteiger partial charge < -0.3 is 14.8 Å². The number of H-pyrrole nitrogens is 1. The number of sulfone groups is 1. The molecule has 2 aromatic carbocycles. The number of aromatic amines is 1. The molecular weight excluding hydrogens is 493 g/mol. The van der Waals surface area contributed by atoms with Crippen LogP contribution in [0.25, 0.3) is 10.9 Å². The van der Waals surface area contributed by atoms with E-state index in [9.17, 15) is 32.0 Å². The smallest absolute Gasteiger partial charge is 0.417 e. The number of hydrogen-bond donors (Lipinski definition) is 2. The first-order chi connectivity index (χ1) is 16.5. The molecule has 10 heteroatoms. The molecule has 6 nitrogen and oxygen atoms in total. The van der Waals surface area contributed by atoms with Crippen molar-refractivity contribution in [3.8, 4) is 11.8 Å². The Labute approximate surface area is 207 Å². The highest BCUT2D eigenvalue weighted by atomic mass is 32.2. The summed E-state index contributed by atoms with van der Waals surface area (Å²) < 4.78 is 73.4. The molecule has 1 atom stereocenters. The van der Waals surface area contributed by atoms with Crippen LogP contribution in [-0.4, -0.2) is 43.1 Å². The number of nitrogens with one attached hydrogen (secondary N) is 1. The van der Waals surface area contributed by atoms with Gasteiger partial charge in [-0.1, -0.05) is 13.8 Å². The van der Waals surface area contributed by atoms with Crippen LogP contribution in [0.4, 0.5) is 13.2 Å². The fourth-order valence-corrected chi connectivity index (χ4v) is 5.72. The Hall–Kier alpha value is -3.03. The number of aliphatic hydroxyl groups is 1. The number of benzene rings is 2. The van der Waals surface area contributed by atoms with Crippen LogP contribution in [0.2, 0.25) is 0 Å². The summed E-state index contributed by atoms with van der Waals surface area (Å²) in [6.07, 6.45) is -4.96. The molecule has 0 aliphatic carbocycles. The third-order valence-corrected chi connectivity index (χ3v) is 7.88. The number of aromatic nitrogens is 1. The van der Waals surface area contributed by atoms with Crippen molar-refractivity contribution in [2.24, 2.45) is 0 Å². The fraction of sp³-hybridized carbons (Fsp3) is 0.423. The normalized spacial score (nSPS) is 15.9. The summed E-state index contributed by atoms with van der Waals surface area (Å²) in [4.78, 5) is 2.92. The number of rotatable bonds is 6. The maximum atomic E-state index is 14.4. The zero-order valence-corrected chi connectivity index (χ0v) is 21.2. The van der Waals surface area contributed by atoms with Gasteiger partial charge in [-0.25, -0.2) is 8.42 Å². The summed E-state index contributed by atoms with van der Waals surface area (Å²) in [5.74, 6) is 0.377. The van der Waals surface area contributed by atoms with Gasteiger partial charge in [-0.2, -0.15) is 18.4 Å². The third kappa shape index (κ3) is 4.70. The molecule has 1 aliphatic rings. The van der Waals surface area contributed by atoms with Gasteiger partial charge in [0.25, 0.3) is 0 Å². The highest BCUT2D eigenvalue weighted by Crippen LogP contribution is 2.47. The lowest BCUT2D eigenvalue weighted by Crippen LogP contribution is -2.51. The number of aryl methyl sites for hydroxylation is 1. The van der Waals surface area contributed by atoms with Crippen molar-refractivity contribution >= 4 is 20.7 Å². The first kappa shape index (κ1) is 26.0. The molecule has 0 saturated heterocycles. The Morgan fingerprint density at radius 1 is 1.17 bits per heavy atom. The maximum Gasteiger partial charge on any atom is 0.417 e. The molecule has 0 bridgehead atoms. The van der Waals surface area contributed by atoms with Crippen LogP contribution in [-0.2, 0) is 28.1 Å². The highest BCUT2D eigenvalue weighted by molar-refractivity contribution is 7.90. The fourth-order valence-electron chi connectivity index (χ4n) is 5.04. The molecule has 0 fully saturated rings. The molecule has 1 unspecified atom stereocenters. The van der Waals surface area contributed by atoms with Crippen LogP contribution in [0.3, 0.4) is 0 Å². The minimum absolute atomic E-state index is 0.00441. The van der Waals surface area contributed by atoms with Crippen LogP contribution < -0.4 is 4.74 Å². The lowest BCUT2D eigenvalue weighted by atomic mass is 9.73. The van der Waals surface area contributed by atoms with Crippen LogP contribution in [0, 0.1) is 18.3 Å². The zero-order chi connectivity index (χ0) is 26.7. The molecule has 1 aromatic heterocycles. The Morgan fingerprint density at radius 3 is 2.47 bits per heavy atom. The molecule has 1 aliphatic heterocycles. The minimum Gasteiger partial charge on any atom is -0.493 e. The van der Waals surface area contributed by atoms with Crippen molar-refractivity contribution in [1.29, 1.82) is 5.26 Å². The molecule has 0 radical (unpaired) electrons. The van der Waals surface area contributed by atoms with Crippen LogP contribution >= 0.6 is 0 Å². The predicted molar refractivity (Wildman–Crippen MR) is 129 cm³/mol. The van der Waals surface area contributed by atoms with E-state index in [0.717, 1.165) is 11.8 Å². The van der Waals surface area contributed by atoms with Gasteiger partial charge in [0.2, 0.25) is 0 Å². The first-order valence-corrected chi connectivity index (χ1v) is 13.2. The number of alkyl halides is 3. The van der Waals surface area contributed by atoms with Gasteiger partial charge in [0.05, 0.1) is 23.1 Å². The van der Waals surface area contributed by atoms with Crippen molar-refractivity contribution in [1.82, 2.24) is 4.98 Å². The Bertz CT molecular complexity index is 1500. The molecule has 0 spiro atoms. The Balaban J connectivity index is 1.77. The summed E-state index contributed by atoms with van der Waals surface area (Å²) >= 11 is 0. The van der Waals surface area contributed by atoms with Gasteiger partial charge >= 0.3 is 6.18 Å². The number of halogens is 3. The molecule has 4 rings (SSSR count). The van der Waals surface area contributed by atoms with Gasteiger partial charge in [0.15, 0.2) is 15.4 Å². The monoisotopic (exact) mass is 520 g/mol. The Morgan fingerprint density at radius 2 is 1.86 bits per heavy atom. The number of nitriles is 1. The standard InChI is InChI=1S/C26H27F3N2O4S/c1-15-7-16(13-30)8-22-20(15)10-18(31-22)12-25(32,26(27,28)29)14-24(2,3)21-11-19(36(4,33)34)9-17-5-6-35-23(17)21/h7-11,31-32H,5-6,12,14H2,1-4H3. The lowest BCUT2D eigenvalue weighted by molar-refractivity contribution is -0.266. The Kier molecular flexibility index (Phi) is 6.17. The first-order valence-electron chi connectivity index (χ1n) is 11.4. The van der Waals surface area contributed by atoms with E-state index in [1.807, 2.05) is 6.07 Å². The van der Waals surface area contributed by atoms with E-state index < -0.39 is 39.9 Å². The second-order valence-corrected chi connectivity index (χ2v) is 12.3. The van der Waals surface area contributed by atoms with Crippen LogP contribution in [0.15, 0.2) is 35.2 Å². The average molecular weight is 521 g/mol. The SMILES string of the molecule is Cc1cc(C#N)cc2[nH]c(CC(O)(CC(C)(C)c3cc(S(C)(=O)=O)cc4c3OCC4)C(F)(F)F)cc12. The number of hydrogen-bond acceptors (Lipinski definition) is 5.